The molecule has 128 valence electrons. The number of hydrogen-bond acceptors (Lipinski definition) is 2. The first kappa shape index (κ1) is 16.6. The Hall–Kier alpha value is -1.23. The highest BCUT2D eigenvalue weighted by atomic mass is 19.4. The number of rotatable bonds is 2. The number of piperazine rings is 1. The Balaban J connectivity index is 1.59. The van der Waals surface area contributed by atoms with E-state index in [1.807, 2.05) is 0 Å². The summed E-state index contributed by atoms with van der Waals surface area (Å²) in [7, 11) is 0. The molecule has 2 fully saturated rings. The molecule has 1 heterocycles. The van der Waals surface area contributed by atoms with E-state index in [4.69, 9.17) is 0 Å². The molecule has 1 aliphatic carbocycles. The summed E-state index contributed by atoms with van der Waals surface area (Å²) in [5.41, 5.74) is 0.135. The van der Waals surface area contributed by atoms with Crippen LogP contribution in [0.25, 0.3) is 0 Å². The van der Waals surface area contributed by atoms with Gasteiger partial charge in [-0.25, -0.2) is 0 Å². The average Bonchev–Trinajstić information content (AvgIpc) is 2.55. The van der Waals surface area contributed by atoms with Crippen LogP contribution in [0.3, 0.4) is 0 Å². The molecule has 1 aromatic rings. The van der Waals surface area contributed by atoms with Gasteiger partial charge in [0.25, 0.3) is 0 Å². The van der Waals surface area contributed by atoms with Crippen molar-refractivity contribution in [3.05, 3.63) is 29.8 Å². The fourth-order valence-electron chi connectivity index (χ4n) is 3.83. The van der Waals surface area contributed by atoms with E-state index in [9.17, 15) is 13.2 Å². The SMILES string of the molecule is CC1CCC(N2CCN(c3cccc(C(F)(F)F)c3)CC2)CC1. The minimum Gasteiger partial charge on any atom is -0.369 e. The van der Waals surface area contributed by atoms with Gasteiger partial charge in [-0.05, 0) is 49.8 Å². The lowest BCUT2D eigenvalue weighted by atomic mass is 9.86. The summed E-state index contributed by atoms with van der Waals surface area (Å²) in [5, 5.41) is 0. The first-order valence-electron chi connectivity index (χ1n) is 8.60. The van der Waals surface area contributed by atoms with Crippen molar-refractivity contribution >= 4 is 5.69 Å². The van der Waals surface area contributed by atoms with E-state index >= 15 is 0 Å². The summed E-state index contributed by atoms with van der Waals surface area (Å²) in [6.45, 7) is 5.85. The molecule has 0 spiro atoms. The van der Waals surface area contributed by atoms with Crippen molar-refractivity contribution in [2.75, 3.05) is 31.1 Å². The van der Waals surface area contributed by atoms with Crippen molar-refractivity contribution in [3.8, 4) is 0 Å². The molecular weight excluding hydrogens is 301 g/mol. The van der Waals surface area contributed by atoms with Crippen molar-refractivity contribution in [3.63, 3.8) is 0 Å². The van der Waals surface area contributed by atoms with Crippen molar-refractivity contribution < 1.29 is 13.2 Å². The van der Waals surface area contributed by atoms with Crippen LogP contribution in [-0.4, -0.2) is 37.1 Å². The molecule has 2 aliphatic rings. The van der Waals surface area contributed by atoms with E-state index in [0.717, 1.165) is 38.2 Å². The molecule has 1 saturated heterocycles. The van der Waals surface area contributed by atoms with Crippen LogP contribution in [-0.2, 0) is 6.18 Å². The number of halogens is 3. The predicted molar refractivity (Wildman–Crippen MR) is 86.7 cm³/mol. The number of benzene rings is 1. The summed E-state index contributed by atoms with van der Waals surface area (Å²) >= 11 is 0. The van der Waals surface area contributed by atoms with Crippen molar-refractivity contribution in [2.45, 2.75) is 44.8 Å². The van der Waals surface area contributed by atoms with Gasteiger partial charge < -0.3 is 4.90 Å². The second-order valence-electron chi connectivity index (χ2n) is 6.98. The Labute approximate surface area is 136 Å². The van der Waals surface area contributed by atoms with Crippen molar-refractivity contribution in [2.24, 2.45) is 5.92 Å². The highest BCUT2D eigenvalue weighted by Gasteiger charge is 2.31. The Kier molecular flexibility index (Phi) is 4.85. The van der Waals surface area contributed by atoms with Gasteiger partial charge in [-0.15, -0.1) is 0 Å². The quantitative estimate of drug-likeness (QED) is 0.794. The van der Waals surface area contributed by atoms with E-state index in [2.05, 4.69) is 16.7 Å². The largest absolute Gasteiger partial charge is 0.416 e. The fraction of sp³-hybridized carbons (Fsp3) is 0.667. The lowest BCUT2D eigenvalue weighted by Gasteiger charge is -2.42. The van der Waals surface area contributed by atoms with E-state index in [1.165, 1.54) is 37.8 Å². The van der Waals surface area contributed by atoms with Crippen molar-refractivity contribution in [1.29, 1.82) is 0 Å². The third-order valence-corrected chi connectivity index (χ3v) is 5.35. The molecule has 23 heavy (non-hydrogen) atoms. The van der Waals surface area contributed by atoms with Crippen LogP contribution >= 0.6 is 0 Å². The second-order valence-corrected chi connectivity index (χ2v) is 6.98. The molecule has 0 aromatic heterocycles. The van der Waals surface area contributed by atoms with Gasteiger partial charge in [0, 0.05) is 37.9 Å². The first-order valence-corrected chi connectivity index (χ1v) is 8.60. The highest BCUT2D eigenvalue weighted by molar-refractivity contribution is 5.49. The van der Waals surface area contributed by atoms with E-state index in [0.29, 0.717) is 11.7 Å². The molecular formula is C18H25F3N2. The molecule has 1 aromatic carbocycles. The summed E-state index contributed by atoms with van der Waals surface area (Å²) < 4.78 is 38.5. The number of alkyl halides is 3. The molecule has 3 rings (SSSR count). The van der Waals surface area contributed by atoms with E-state index in [-0.39, 0.29) is 0 Å². The van der Waals surface area contributed by atoms with Gasteiger partial charge in [-0.2, -0.15) is 13.2 Å². The monoisotopic (exact) mass is 326 g/mol. The smallest absolute Gasteiger partial charge is 0.369 e. The van der Waals surface area contributed by atoms with Gasteiger partial charge in [0.2, 0.25) is 0 Å². The Morgan fingerprint density at radius 1 is 0.957 bits per heavy atom. The predicted octanol–water partition coefficient (Wildman–Crippen LogP) is 4.41. The maximum Gasteiger partial charge on any atom is 0.416 e. The van der Waals surface area contributed by atoms with Crippen molar-refractivity contribution in [1.82, 2.24) is 4.90 Å². The van der Waals surface area contributed by atoms with Crippen LogP contribution in [0.5, 0.6) is 0 Å². The van der Waals surface area contributed by atoms with Crippen LogP contribution in [0.2, 0.25) is 0 Å². The topological polar surface area (TPSA) is 6.48 Å². The molecule has 0 unspecified atom stereocenters. The Morgan fingerprint density at radius 2 is 1.61 bits per heavy atom. The lowest BCUT2D eigenvalue weighted by Crippen LogP contribution is -2.51. The normalized spacial score (nSPS) is 27.2. The zero-order valence-electron chi connectivity index (χ0n) is 13.6. The summed E-state index contributed by atoms with van der Waals surface area (Å²) in [6.07, 6.45) is 0.878. The molecule has 0 amide bonds. The third kappa shape index (κ3) is 4.00. The maximum absolute atomic E-state index is 12.8. The standard InChI is InChI=1S/C18H25F3N2/c1-14-5-7-16(8-6-14)22-9-11-23(12-10-22)17-4-2-3-15(13-17)18(19,20)21/h2-4,13-14,16H,5-12H2,1H3. The van der Waals surface area contributed by atoms with E-state index in [1.54, 1.807) is 6.07 Å². The molecule has 0 bridgehead atoms. The maximum atomic E-state index is 12.8. The summed E-state index contributed by atoms with van der Waals surface area (Å²) in [4.78, 5) is 4.62. The van der Waals surface area contributed by atoms with Crippen LogP contribution in [0, 0.1) is 5.92 Å². The summed E-state index contributed by atoms with van der Waals surface area (Å²) in [6, 6.07) is 6.39. The average molecular weight is 326 g/mol. The zero-order valence-corrected chi connectivity index (χ0v) is 13.6. The molecule has 2 nitrogen and oxygen atoms in total. The third-order valence-electron chi connectivity index (χ3n) is 5.35. The van der Waals surface area contributed by atoms with Crippen LogP contribution in [0.1, 0.15) is 38.2 Å². The molecule has 0 atom stereocenters. The molecule has 1 aliphatic heterocycles. The minimum atomic E-state index is -4.27. The first-order chi connectivity index (χ1) is 10.9. The molecule has 1 saturated carbocycles. The van der Waals surface area contributed by atoms with Gasteiger partial charge in [-0.1, -0.05) is 13.0 Å². The van der Waals surface area contributed by atoms with Crippen LogP contribution < -0.4 is 4.90 Å². The number of hydrogen-bond donors (Lipinski definition) is 0. The van der Waals surface area contributed by atoms with Gasteiger partial charge >= 0.3 is 6.18 Å². The van der Waals surface area contributed by atoms with Gasteiger partial charge in [-0.3, -0.25) is 4.90 Å². The lowest BCUT2D eigenvalue weighted by molar-refractivity contribution is -0.137. The van der Waals surface area contributed by atoms with Gasteiger partial charge in [0.15, 0.2) is 0 Å². The van der Waals surface area contributed by atoms with E-state index < -0.39 is 11.7 Å². The molecule has 0 radical (unpaired) electrons. The number of nitrogens with zero attached hydrogens (tertiary/aromatic N) is 2. The molecule has 5 heteroatoms. The van der Waals surface area contributed by atoms with Crippen LogP contribution in [0.4, 0.5) is 18.9 Å². The number of anilines is 1. The van der Waals surface area contributed by atoms with Gasteiger partial charge in [0.1, 0.15) is 0 Å². The Morgan fingerprint density at radius 3 is 2.22 bits per heavy atom. The highest BCUT2D eigenvalue weighted by Crippen LogP contribution is 2.32. The minimum absolute atomic E-state index is 0.557. The van der Waals surface area contributed by atoms with Gasteiger partial charge in [0.05, 0.1) is 5.56 Å². The Bertz CT molecular complexity index is 513. The summed E-state index contributed by atoms with van der Waals surface area (Å²) in [5.74, 6) is 0.845. The fourth-order valence-corrected chi connectivity index (χ4v) is 3.83. The second kappa shape index (κ2) is 6.71. The molecule has 0 N–H and O–H groups in total. The zero-order chi connectivity index (χ0) is 16.4. The van der Waals surface area contributed by atoms with Crippen LogP contribution in [0.15, 0.2) is 24.3 Å².